The van der Waals surface area contributed by atoms with E-state index in [0.717, 1.165) is 0 Å². The minimum atomic E-state index is -0.566. The van der Waals surface area contributed by atoms with E-state index in [1.54, 1.807) is 0 Å². The molecule has 1 rings (SSSR count). The minimum Gasteiger partial charge on any atom is -0.368 e. The number of ether oxygens (including phenoxy) is 1. The van der Waals surface area contributed by atoms with Crippen molar-refractivity contribution < 1.29 is 14.0 Å². The quantitative estimate of drug-likeness (QED) is 0.365. The van der Waals surface area contributed by atoms with E-state index in [2.05, 4.69) is 0 Å². The van der Waals surface area contributed by atoms with Gasteiger partial charge in [0.05, 0.1) is 19.7 Å². The normalized spacial score (nSPS) is 30.1. The third-order valence-electron chi connectivity index (χ3n) is 1.20. The Balaban J connectivity index is 2.31. The fourth-order valence-corrected chi connectivity index (χ4v) is 0.725. The monoisotopic (exact) mass is 133 g/mol. The van der Waals surface area contributed by atoms with Gasteiger partial charge in [0, 0.05) is 0 Å². The molecule has 0 bridgehead atoms. The van der Waals surface area contributed by atoms with Crippen molar-refractivity contribution in [3.8, 4) is 0 Å². The van der Waals surface area contributed by atoms with Gasteiger partial charge in [-0.25, -0.2) is 0 Å². The van der Waals surface area contributed by atoms with Gasteiger partial charge in [0.2, 0.25) is 0 Å². The Morgan fingerprint density at radius 2 is 2.56 bits per heavy atom. The lowest BCUT2D eigenvalue weighted by atomic mass is 10.3. The fraction of sp³-hybridized carbons (Fsp3) is 0.800. The summed E-state index contributed by atoms with van der Waals surface area (Å²) in [6, 6.07) is 0. The van der Waals surface area contributed by atoms with Crippen molar-refractivity contribution in [2.24, 2.45) is 0 Å². The molecule has 0 aromatic rings. The Kier molecular flexibility index (Phi) is 2.13. The Bertz CT molecular complexity index is 109. The van der Waals surface area contributed by atoms with Crippen molar-refractivity contribution in [2.75, 3.05) is 19.7 Å². The zero-order chi connectivity index (χ0) is 6.69. The average Bonchev–Trinajstić information content (AvgIpc) is 1.88. The summed E-state index contributed by atoms with van der Waals surface area (Å²) in [6.45, 7) is 0.647. The summed E-state index contributed by atoms with van der Waals surface area (Å²) in [5.41, 5.74) is 0. The second-order valence-corrected chi connectivity index (χ2v) is 1.91. The largest absolute Gasteiger partial charge is 0.368 e. The van der Waals surface area contributed by atoms with Crippen LogP contribution in [0.3, 0.4) is 0 Å². The van der Waals surface area contributed by atoms with Crippen LogP contribution in [0, 0.1) is 0 Å². The number of hydrogen-bond donors (Lipinski definition) is 0. The van der Waals surface area contributed by atoms with Gasteiger partial charge in [0.1, 0.15) is 12.4 Å². The minimum absolute atomic E-state index is 0.0729. The Labute approximate surface area is 52.3 Å². The summed E-state index contributed by atoms with van der Waals surface area (Å²) in [5, 5.41) is 0.586. The molecule has 1 unspecified atom stereocenters. The van der Waals surface area contributed by atoms with E-state index in [4.69, 9.17) is 4.74 Å². The van der Waals surface area contributed by atoms with E-state index in [0.29, 0.717) is 18.0 Å². The fourth-order valence-electron chi connectivity index (χ4n) is 0.725. The molecule has 0 spiro atoms. The van der Waals surface area contributed by atoms with Gasteiger partial charge in [-0.2, -0.15) is 0 Å². The lowest BCUT2D eigenvalue weighted by molar-refractivity contribution is -0.136. The number of carbonyl (C=O) groups is 1. The van der Waals surface area contributed by atoms with E-state index in [-0.39, 0.29) is 13.1 Å². The highest BCUT2D eigenvalue weighted by Gasteiger charge is 2.18. The third-order valence-corrected chi connectivity index (χ3v) is 1.20. The molecule has 0 N–H and O–H groups in total. The number of carbonyl (C=O) groups excluding carboxylic acids is 1. The summed E-state index contributed by atoms with van der Waals surface area (Å²) in [5.74, 6) is 0. The molecule has 0 radical (unpaired) electrons. The number of rotatable bonds is 1. The van der Waals surface area contributed by atoms with Gasteiger partial charge in [0.25, 0.3) is 0 Å². The van der Waals surface area contributed by atoms with Gasteiger partial charge >= 0.3 is 0 Å². The standard InChI is InChI=1S/C5H8FNO2/c6-7-1-2-9-5(3-7)4-8/h4-5H,1-3H2. The molecular formula is C5H8FNO2. The number of nitrogens with zero attached hydrogens (tertiary/aromatic N) is 1. The van der Waals surface area contributed by atoms with Crippen molar-refractivity contribution in [3.05, 3.63) is 0 Å². The van der Waals surface area contributed by atoms with Crippen LogP contribution in [0.1, 0.15) is 0 Å². The first kappa shape index (κ1) is 6.64. The molecule has 1 heterocycles. The van der Waals surface area contributed by atoms with Crippen LogP contribution in [0.4, 0.5) is 4.48 Å². The van der Waals surface area contributed by atoms with Gasteiger partial charge in [-0.05, 0) is 0 Å². The maximum atomic E-state index is 12.2. The highest BCUT2D eigenvalue weighted by atomic mass is 19.2. The average molecular weight is 133 g/mol. The summed E-state index contributed by atoms with van der Waals surface area (Å²) < 4.78 is 17.1. The van der Waals surface area contributed by atoms with Crippen molar-refractivity contribution in [1.29, 1.82) is 0 Å². The maximum absolute atomic E-state index is 12.2. The van der Waals surface area contributed by atoms with Gasteiger partial charge in [-0.1, -0.05) is 0 Å². The van der Waals surface area contributed by atoms with Gasteiger partial charge in [-0.15, -0.1) is 9.60 Å². The molecule has 9 heavy (non-hydrogen) atoms. The summed E-state index contributed by atoms with van der Waals surface area (Å²) in [6.07, 6.45) is 0.0508. The molecule has 1 fully saturated rings. The maximum Gasteiger partial charge on any atom is 0.150 e. The van der Waals surface area contributed by atoms with Crippen LogP contribution in [0.2, 0.25) is 0 Å². The highest BCUT2D eigenvalue weighted by molar-refractivity contribution is 5.56. The first-order chi connectivity index (χ1) is 4.33. The smallest absolute Gasteiger partial charge is 0.150 e. The van der Waals surface area contributed by atoms with Crippen LogP contribution >= 0.6 is 0 Å². The molecule has 1 aliphatic rings. The lowest BCUT2D eigenvalue weighted by Crippen LogP contribution is -2.38. The molecule has 1 atom stereocenters. The predicted molar refractivity (Wildman–Crippen MR) is 28.5 cm³/mol. The SMILES string of the molecule is O=CC1CN(F)CCO1. The van der Waals surface area contributed by atoms with Crippen LogP contribution in [0.25, 0.3) is 0 Å². The summed E-state index contributed by atoms with van der Waals surface area (Å²) in [4.78, 5) is 9.99. The predicted octanol–water partition coefficient (Wildman–Crippen LogP) is -0.229. The van der Waals surface area contributed by atoms with E-state index in [1.807, 2.05) is 0 Å². The number of halogens is 1. The molecule has 0 aliphatic carbocycles. The van der Waals surface area contributed by atoms with Crippen molar-refractivity contribution >= 4 is 6.29 Å². The number of hydrogen-bond acceptors (Lipinski definition) is 3. The Hall–Kier alpha value is -0.480. The van der Waals surface area contributed by atoms with Crippen molar-refractivity contribution in [2.45, 2.75) is 6.10 Å². The van der Waals surface area contributed by atoms with E-state index in [1.165, 1.54) is 0 Å². The topological polar surface area (TPSA) is 29.5 Å². The molecule has 0 saturated carbocycles. The molecule has 4 heteroatoms. The second kappa shape index (κ2) is 2.89. The molecule has 3 nitrogen and oxygen atoms in total. The van der Waals surface area contributed by atoms with E-state index in [9.17, 15) is 9.28 Å². The molecule has 1 aliphatic heterocycles. The number of morpholine rings is 1. The third kappa shape index (κ3) is 1.73. The van der Waals surface area contributed by atoms with Crippen LogP contribution in [0.15, 0.2) is 0 Å². The molecule has 0 aromatic carbocycles. The van der Waals surface area contributed by atoms with Crippen LogP contribution in [0.5, 0.6) is 0 Å². The second-order valence-electron chi connectivity index (χ2n) is 1.91. The first-order valence-corrected chi connectivity index (χ1v) is 2.80. The molecule has 1 saturated heterocycles. The summed E-state index contributed by atoms with van der Waals surface area (Å²) >= 11 is 0. The van der Waals surface area contributed by atoms with Crippen molar-refractivity contribution in [1.82, 2.24) is 5.12 Å². The number of aldehydes is 1. The highest BCUT2D eigenvalue weighted by Crippen LogP contribution is 2.01. The van der Waals surface area contributed by atoms with E-state index < -0.39 is 6.10 Å². The zero-order valence-electron chi connectivity index (χ0n) is 4.92. The van der Waals surface area contributed by atoms with E-state index >= 15 is 0 Å². The first-order valence-electron chi connectivity index (χ1n) is 2.80. The van der Waals surface area contributed by atoms with Crippen LogP contribution in [-0.4, -0.2) is 37.2 Å². The van der Waals surface area contributed by atoms with Gasteiger partial charge in [-0.3, -0.25) is 0 Å². The van der Waals surface area contributed by atoms with Crippen LogP contribution in [-0.2, 0) is 9.53 Å². The Morgan fingerprint density at radius 3 is 3.00 bits per heavy atom. The van der Waals surface area contributed by atoms with Gasteiger partial charge in [0.15, 0.2) is 0 Å². The molecule has 0 amide bonds. The van der Waals surface area contributed by atoms with Crippen LogP contribution < -0.4 is 0 Å². The Morgan fingerprint density at radius 1 is 1.78 bits per heavy atom. The van der Waals surface area contributed by atoms with Crippen molar-refractivity contribution in [3.63, 3.8) is 0 Å². The van der Waals surface area contributed by atoms with Gasteiger partial charge < -0.3 is 9.53 Å². The zero-order valence-corrected chi connectivity index (χ0v) is 4.92. The molecular weight excluding hydrogens is 125 g/mol. The lowest BCUT2D eigenvalue weighted by Gasteiger charge is -2.22. The summed E-state index contributed by atoms with van der Waals surface area (Å²) in [7, 11) is 0. The molecule has 52 valence electrons. The molecule has 0 aromatic heterocycles.